The van der Waals surface area contributed by atoms with Crippen LogP contribution in [0, 0.1) is 5.92 Å². The zero-order chi connectivity index (χ0) is 26.6. The van der Waals surface area contributed by atoms with Crippen molar-refractivity contribution in [3.63, 3.8) is 0 Å². The van der Waals surface area contributed by atoms with E-state index in [9.17, 15) is 24.3 Å². The molecule has 1 fully saturated rings. The van der Waals surface area contributed by atoms with Crippen LogP contribution in [-0.2, 0) is 29.6 Å². The third-order valence-corrected chi connectivity index (χ3v) is 9.89. The van der Waals surface area contributed by atoms with Gasteiger partial charge in [-0.25, -0.2) is 23.5 Å². The number of alkyl halides is 2. The third-order valence-electron chi connectivity index (χ3n) is 7.64. The molecule has 2 aliphatic carbocycles. The van der Waals surface area contributed by atoms with Crippen molar-refractivity contribution in [2.24, 2.45) is 13.0 Å². The Bertz CT molecular complexity index is 1660. The molecule has 1 N–H and O–H groups in total. The smallest absolute Gasteiger partial charge is 0.347 e. The van der Waals surface area contributed by atoms with Crippen LogP contribution in [0.5, 0.6) is 11.5 Å². The summed E-state index contributed by atoms with van der Waals surface area (Å²) in [4.78, 5) is 48.9. The van der Waals surface area contributed by atoms with Crippen molar-refractivity contribution >= 4 is 58.0 Å². The van der Waals surface area contributed by atoms with Crippen LogP contribution in [0.2, 0.25) is 0 Å². The van der Waals surface area contributed by atoms with E-state index in [1.807, 2.05) is 0 Å². The van der Waals surface area contributed by atoms with E-state index in [2.05, 4.69) is 0 Å². The number of carbonyl (C=O) groups excluding carboxylic acids is 2. The fraction of sp³-hybridized carbons (Fsp3) is 0.333. The molecule has 2 aromatic rings. The SMILES string of the molecule is Cn1c(=O)n2n(c1=O)[C@@H]1C[C@@]3(Cl)C(=O)C(Cl)=C(Cl)C(=O)[C@@]3(Cl)[C@@H](C3=COc4ccc(O)cc4C3)C1=CC2. The van der Waals surface area contributed by atoms with Gasteiger partial charge in [0.05, 0.1) is 18.8 Å². The predicted molar refractivity (Wildman–Crippen MR) is 136 cm³/mol. The van der Waals surface area contributed by atoms with Gasteiger partial charge in [0.25, 0.3) is 0 Å². The summed E-state index contributed by atoms with van der Waals surface area (Å²) in [6.07, 6.45) is 3.03. The molecule has 0 bridgehead atoms. The Labute approximate surface area is 228 Å². The lowest BCUT2D eigenvalue weighted by atomic mass is 9.58. The molecule has 192 valence electrons. The highest BCUT2D eigenvalue weighted by atomic mass is 35.5. The Kier molecular flexibility index (Phi) is 5.25. The van der Waals surface area contributed by atoms with Gasteiger partial charge >= 0.3 is 11.4 Å². The molecule has 0 radical (unpaired) electrons. The number of aromatic hydroxyl groups is 1. The molecule has 0 saturated heterocycles. The molecule has 0 amide bonds. The minimum atomic E-state index is -2.12. The normalized spacial score (nSPS) is 30.5. The molecule has 9 nitrogen and oxygen atoms in total. The number of hydrogen-bond donors (Lipinski definition) is 1. The number of phenols is 1. The van der Waals surface area contributed by atoms with E-state index < -0.39 is 54.7 Å². The van der Waals surface area contributed by atoms with E-state index in [0.29, 0.717) is 22.5 Å². The van der Waals surface area contributed by atoms with E-state index >= 15 is 0 Å². The summed E-state index contributed by atoms with van der Waals surface area (Å²) in [5.41, 5.74) is 0.443. The van der Waals surface area contributed by atoms with E-state index in [1.165, 1.54) is 34.8 Å². The van der Waals surface area contributed by atoms with Crippen LogP contribution in [0.1, 0.15) is 18.0 Å². The summed E-state index contributed by atoms with van der Waals surface area (Å²) in [5, 5.41) is 8.95. The lowest BCUT2D eigenvalue weighted by Crippen LogP contribution is -2.68. The number of halogens is 4. The summed E-state index contributed by atoms with van der Waals surface area (Å²) in [5.74, 6) is -2.24. The first-order chi connectivity index (χ1) is 17.4. The lowest BCUT2D eigenvalue weighted by molar-refractivity contribution is -0.129. The molecule has 4 aliphatic rings. The maximum atomic E-state index is 13.7. The van der Waals surface area contributed by atoms with E-state index in [4.69, 9.17) is 51.1 Å². The highest BCUT2D eigenvalue weighted by molar-refractivity contribution is 6.66. The largest absolute Gasteiger partial charge is 0.508 e. The molecule has 0 unspecified atom stereocenters. The molecule has 3 heterocycles. The number of carbonyl (C=O) groups is 2. The number of benzene rings is 1. The minimum absolute atomic E-state index is 0.0100. The Morgan fingerprint density at radius 3 is 2.49 bits per heavy atom. The fourth-order valence-corrected chi connectivity index (χ4v) is 7.43. The average Bonchev–Trinajstić information content (AvgIpc) is 3.10. The standard InChI is InChI=1S/C24H17Cl4N3O6/c1-29-21(35)30-5-4-13-14(31(30)22(29)36)8-23(27)19(33)17(25)18(26)20(34)24(23,28)16(13)11-6-10-7-12(32)2-3-15(10)37-9-11/h2-4,7,9,14,16,32H,5-6,8H2,1H3/t14-,16+,23-,24+/m1/s1. The Balaban J connectivity index is 1.61. The van der Waals surface area contributed by atoms with Crippen LogP contribution in [-0.4, -0.2) is 40.4 Å². The minimum Gasteiger partial charge on any atom is -0.508 e. The van der Waals surface area contributed by atoms with Crippen molar-refractivity contribution in [3.05, 3.63) is 78.3 Å². The first-order valence-corrected chi connectivity index (χ1v) is 12.7. The van der Waals surface area contributed by atoms with Crippen LogP contribution in [0.4, 0.5) is 0 Å². The predicted octanol–water partition coefficient (Wildman–Crippen LogP) is 2.87. The number of aromatic nitrogens is 3. The molecule has 1 aromatic heterocycles. The van der Waals surface area contributed by atoms with Crippen LogP contribution < -0.4 is 16.1 Å². The number of phenolic OH excluding ortho intramolecular Hbond substituents is 1. The first-order valence-electron chi connectivity index (χ1n) is 11.2. The fourth-order valence-electron chi connectivity index (χ4n) is 5.89. The van der Waals surface area contributed by atoms with Crippen molar-refractivity contribution in [3.8, 4) is 11.5 Å². The number of nitrogens with zero attached hydrogens (tertiary/aromatic N) is 3. The number of rotatable bonds is 1. The van der Waals surface area contributed by atoms with Crippen LogP contribution >= 0.6 is 46.4 Å². The van der Waals surface area contributed by atoms with Crippen LogP contribution in [0.3, 0.4) is 0 Å². The third kappa shape index (κ3) is 2.99. The van der Waals surface area contributed by atoms with Gasteiger partial charge < -0.3 is 9.84 Å². The van der Waals surface area contributed by atoms with Crippen molar-refractivity contribution in [1.29, 1.82) is 0 Å². The van der Waals surface area contributed by atoms with Crippen molar-refractivity contribution in [2.45, 2.75) is 35.2 Å². The molecule has 2 aliphatic heterocycles. The van der Waals surface area contributed by atoms with Gasteiger partial charge in [0, 0.05) is 31.4 Å². The molecule has 13 heteroatoms. The maximum absolute atomic E-state index is 13.7. The van der Waals surface area contributed by atoms with Gasteiger partial charge in [-0.2, -0.15) is 0 Å². The number of allylic oxidation sites excluding steroid dienone is 5. The number of fused-ring (bicyclic) bond motifs is 5. The van der Waals surface area contributed by atoms with Crippen molar-refractivity contribution in [1.82, 2.24) is 13.9 Å². The quantitative estimate of drug-likeness (QED) is 0.407. The Morgan fingerprint density at radius 2 is 1.76 bits per heavy atom. The second kappa shape index (κ2) is 7.89. The monoisotopic (exact) mass is 583 g/mol. The van der Waals surface area contributed by atoms with Crippen molar-refractivity contribution in [2.75, 3.05) is 0 Å². The molecule has 4 atom stereocenters. The van der Waals surface area contributed by atoms with Gasteiger partial charge in [0.15, 0.2) is 11.6 Å². The van der Waals surface area contributed by atoms with Crippen LogP contribution in [0.25, 0.3) is 0 Å². The van der Waals surface area contributed by atoms with Gasteiger partial charge in [-0.3, -0.25) is 9.59 Å². The molecular weight excluding hydrogens is 568 g/mol. The number of Topliss-reactive ketones (excluding diaryl/α,β-unsaturated/α-hetero) is 2. The summed E-state index contributed by atoms with van der Waals surface area (Å²) < 4.78 is 9.24. The second-order valence-electron chi connectivity index (χ2n) is 9.49. The average molecular weight is 585 g/mol. The summed E-state index contributed by atoms with van der Waals surface area (Å²) in [6, 6.07) is 3.70. The molecule has 6 rings (SSSR count). The van der Waals surface area contributed by atoms with E-state index in [0.717, 1.165) is 4.57 Å². The molecule has 1 saturated carbocycles. The van der Waals surface area contributed by atoms with Gasteiger partial charge in [-0.1, -0.05) is 29.3 Å². The lowest BCUT2D eigenvalue weighted by Gasteiger charge is -2.55. The van der Waals surface area contributed by atoms with Gasteiger partial charge in [-0.05, 0) is 29.3 Å². The summed E-state index contributed by atoms with van der Waals surface area (Å²) in [7, 11) is 1.35. The first kappa shape index (κ1) is 24.6. The number of hydrogen-bond acceptors (Lipinski definition) is 6. The maximum Gasteiger partial charge on any atom is 0.347 e. The topological polar surface area (TPSA) is 113 Å². The zero-order valence-corrected chi connectivity index (χ0v) is 22.0. The van der Waals surface area contributed by atoms with Gasteiger partial charge in [-0.15, -0.1) is 23.2 Å². The molecule has 37 heavy (non-hydrogen) atoms. The zero-order valence-electron chi connectivity index (χ0n) is 19.0. The number of ether oxygens (including phenoxy) is 1. The Morgan fingerprint density at radius 1 is 1.05 bits per heavy atom. The van der Waals surface area contributed by atoms with Gasteiger partial charge in [0.2, 0.25) is 0 Å². The molecule has 0 spiro atoms. The summed E-state index contributed by atoms with van der Waals surface area (Å²) in [6.45, 7) is 0.0253. The highest BCUT2D eigenvalue weighted by Gasteiger charge is 2.71. The van der Waals surface area contributed by atoms with E-state index in [1.54, 1.807) is 12.1 Å². The summed E-state index contributed by atoms with van der Waals surface area (Å²) >= 11 is 26.6. The molecular formula is C24H17Cl4N3O6. The second-order valence-corrected chi connectivity index (χ2v) is 11.5. The van der Waals surface area contributed by atoms with Crippen LogP contribution in [0.15, 0.2) is 61.3 Å². The van der Waals surface area contributed by atoms with Crippen molar-refractivity contribution < 1.29 is 19.4 Å². The number of ketones is 2. The molecule has 1 aromatic carbocycles. The highest BCUT2D eigenvalue weighted by Crippen LogP contribution is 2.62. The Hall–Kier alpha value is -2.72. The van der Waals surface area contributed by atoms with E-state index in [-0.39, 0.29) is 25.1 Å². The van der Waals surface area contributed by atoms with Gasteiger partial charge in [0.1, 0.15) is 31.3 Å².